The standard InChI is InChI=1S/C22H29NO3/c24-20(18-14-1-2-15(17-6-16(14)17)19(18)21(25)26)23-10-22-7-11-3-12(8-22)5-13(4-11)9-22/h1-2,11-19H,3-10H2,(H,23,24)(H,25,26)/t11?,12?,13?,14-,15-,16-,17-,18-,19+,22?/m0/s1. The number of hydrogen-bond donors (Lipinski definition) is 2. The monoisotopic (exact) mass is 355 g/mol. The van der Waals surface area contributed by atoms with Crippen LogP contribution in [0.1, 0.15) is 44.9 Å². The first-order chi connectivity index (χ1) is 12.5. The molecule has 0 unspecified atom stereocenters. The molecule has 8 aliphatic rings. The molecule has 8 aliphatic carbocycles. The molecule has 26 heavy (non-hydrogen) atoms. The Kier molecular flexibility index (Phi) is 3.11. The summed E-state index contributed by atoms with van der Waals surface area (Å²) < 4.78 is 0. The van der Waals surface area contributed by atoms with Crippen molar-refractivity contribution in [2.75, 3.05) is 6.54 Å². The largest absolute Gasteiger partial charge is 0.481 e. The highest BCUT2D eigenvalue weighted by Crippen LogP contribution is 2.64. The van der Waals surface area contributed by atoms with Crippen molar-refractivity contribution in [3.8, 4) is 0 Å². The number of hydrogen-bond acceptors (Lipinski definition) is 2. The summed E-state index contributed by atoms with van der Waals surface area (Å²) in [5.74, 6) is 2.37. The van der Waals surface area contributed by atoms with Crippen LogP contribution >= 0.6 is 0 Å². The lowest BCUT2D eigenvalue weighted by molar-refractivity contribution is -0.153. The Morgan fingerprint density at radius 3 is 1.96 bits per heavy atom. The number of rotatable bonds is 4. The van der Waals surface area contributed by atoms with Crippen molar-refractivity contribution in [3.63, 3.8) is 0 Å². The molecule has 0 saturated heterocycles. The van der Waals surface area contributed by atoms with Gasteiger partial charge in [-0.25, -0.2) is 0 Å². The SMILES string of the molecule is O=C(O)[C@@H]1[C@H]2C=C[C@@H]([C@@H]3C[C@@H]23)[C@@H]1C(=O)NCC12CC3CC(CC(C3)C1)C2. The fourth-order valence-electron chi connectivity index (χ4n) is 8.47. The molecule has 6 bridgehead atoms. The van der Waals surface area contributed by atoms with Crippen LogP contribution < -0.4 is 5.32 Å². The van der Waals surface area contributed by atoms with Gasteiger partial charge in [0.05, 0.1) is 11.8 Å². The van der Waals surface area contributed by atoms with Crippen LogP contribution in [0.5, 0.6) is 0 Å². The number of nitrogens with one attached hydrogen (secondary N) is 1. The first-order valence-electron chi connectivity index (χ1n) is 10.7. The second kappa shape index (κ2) is 5.14. The quantitative estimate of drug-likeness (QED) is 0.762. The summed E-state index contributed by atoms with van der Waals surface area (Å²) >= 11 is 0. The van der Waals surface area contributed by atoms with E-state index in [1.54, 1.807) is 0 Å². The van der Waals surface area contributed by atoms with Gasteiger partial charge in [0, 0.05) is 6.54 Å². The molecule has 4 heteroatoms. The first-order valence-corrected chi connectivity index (χ1v) is 10.7. The van der Waals surface area contributed by atoms with E-state index in [1.807, 2.05) is 0 Å². The highest BCUT2D eigenvalue weighted by molar-refractivity contribution is 5.86. The summed E-state index contributed by atoms with van der Waals surface area (Å²) in [6, 6.07) is 0. The minimum absolute atomic E-state index is 0.0258. The van der Waals surface area contributed by atoms with Crippen LogP contribution in [0.3, 0.4) is 0 Å². The number of amides is 1. The Hall–Kier alpha value is -1.32. The Labute approximate surface area is 154 Å². The van der Waals surface area contributed by atoms with Crippen LogP contribution in [-0.2, 0) is 9.59 Å². The van der Waals surface area contributed by atoms with Crippen molar-refractivity contribution in [3.05, 3.63) is 12.2 Å². The fraction of sp³-hybridized carbons (Fsp3) is 0.818. The lowest BCUT2D eigenvalue weighted by atomic mass is 9.49. The maximum Gasteiger partial charge on any atom is 0.307 e. The molecule has 0 spiro atoms. The number of carboxylic acid groups (broad SMARTS) is 1. The molecule has 0 radical (unpaired) electrons. The molecular formula is C22H29NO3. The highest BCUT2D eigenvalue weighted by atomic mass is 16.4. The van der Waals surface area contributed by atoms with E-state index in [-0.39, 0.29) is 23.7 Å². The Bertz CT molecular complexity index is 662. The third kappa shape index (κ3) is 2.13. The zero-order valence-electron chi connectivity index (χ0n) is 15.3. The van der Waals surface area contributed by atoms with Gasteiger partial charge < -0.3 is 10.4 Å². The maximum atomic E-state index is 13.2. The van der Waals surface area contributed by atoms with E-state index < -0.39 is 11.9 Å². The molecule has 0 aromatic rings. The maximum absolute atomic E-state index is 13.2. The number of allylic oxidation sites excluding steroid dienone is 2. The van der Waals surface area contributed by atoms with Gasteiger partial charge >= 0.3 is 5.97 Å². The average Bonchev–Trinajstić information content (AvgIpc) is 3.40. The van der Waals surface area contributed by atoms with Crippen molar-refractivity contribution in [1.82, 2.24) is 5.32 Å². The van der Waals surface area contributed by atoms with Gasteiger partial charge in [-0.2, -0.15) is 0 Å². The second-order valence-corrected chi connectivity index (χ2v) is 10.6. The van der Waals surface area contributed by atoms with Gasteiger partial charge in [0.1, 0.15) is 0 Å². The third-order valence-corrected chi connectivity index (χ3v) is 9.04. The van der Waals surface area contributed by atoms with Crippen LogP contribution in [0.25, 0.3) is 0 Å². The van der Waals surface area contributed by atoms with Gasteiger partial charge in [-0.1, -0.05) is 12.2 Å². The zero-order valence-corrected chi connectivity index (χ0v) is 15.3. The van der Waals surface area contributed by atoms with Gasteiger partial charge in [0.15, 0.2) is 0 Å². The smallest absolute Gasteiger partial charge is 0.307 e. The van der Waals surface area contributed by atoms with E-state index in [0.29, 0.717) is 17.3 Å². The molecule has 0 aromatic carbocycles. The Balaban J connectivity index is 1.19. The summed E-state index contributed by atoms with van der Waals surface area (Å²) in [7, 11) is 0. The summed E-state index contributed by atoms with van der Waals surface area (Å²) in [4.78, 5) is 25.1. The number of carbonyl (C=O) groups is 2. The molecule has 140 valence electrons. The van der Waals surface area contributed by atoms with Crippen molar-refractivity contribution in [2.24, 2.45) is 58.7 Å². The van der Waals surface area contributed by atoms with Gasteiger partial charge in [-0.15, -0.1) is 0 Å². The lowest BCUT2D eigenvalue weighted by Crippen LogP contribution is -2.54. The summed E-state index contributed by atoms with van der Waals surface area (Å²) in [5, 5.41) is 13.1. The van der Waals surface area contributed by atoms with Gasteiger partial charge in [0.2, 0.25) is 5.91 Å². The Morgan fingerprint density at radius 2 is 1.42 bits per heavy atom. The van der Waals surface area contributed by atoms with E-state index in [1.165, 1.54) is 38.5 Å². The van der Waals surface area contributed by atoms with Gasteiger partial charge in [-0.05, 0) is 91.8 Å². The molecule has 1 amide bonds. The molecule has 8 rings (SSSR count). The second-order valence-electron chi connectivity index (χ2n) is 10.6. The minimum atomic E-state index is -0.773. The number of fused-ring (bicyclic) bond motifs is 1. The predicted molar refractivity (Wildman–Crippen MR) is 95.9 cm³/mol. The zero-order chi connectivity index (χ0) is 17.6. The van der Waals surface area contributed by atoms with Gasteiger partial charge in [-0.3, -0.25) is 9.59 Å². The topological polar surface area (TPSA) is 66.4 Å². The number of aliphatic carboxylic acids is 1. The van der Waals surface area contributed by atoms with Crippen molar-refractivity contribution >= 4 is 11.9 Å². The minimum Gasteiger partial charge on any atom is -0.481 e. The average molecular weight is 355 g/mol. The van der Waals surface area contributed by atoms with Crippen LogP contribution in [0, 0.1) is 58.7 Å². The molecule has 4 nitrogen and oxygen atoms in total. The van der Waals surface area contributed by atoms with E-state index in [9.17, 15) is 14.7 Å². The summed E-state index contributed by atoms with van der Waals surface area (Å²) in [6.07, 6.45) is 13.4. The molecule has 6 fully saturated rings. The van der Waals surface area contributed by atoms with Crippen LogP contribution in [0.4, 0.5) is 0 Å². The molecule has 2 N–H and O–H groups in total. The van der Waals surface area contributed by atoms with E-state index in [0.717, 1.165) is 30.7 Å². The molecule has 6 atom stereocenters. The third-order valence-electron chi connectivity index (χ3n) is 9.04. The highest BCUT2D eigenvalue weighted by Gasteiger charge is 2.63. The summed E-state index contributed by atoms with van der Waals surface area (Å²) in [5.41, 5.74) is 0.314. The normalized spacial score (nSPS) is 54.8. The van der Waals surface area contributed by atoms with Crippen molar-refractivity contribution in [2.45, 2.75) is 44.9 Å². The van der Waals surface area contributed by atoms with E-state index in [2.05, 4.69) is 17.5 Å². The van der Waals surface area contributed by atoms with Crippen LogP contribution in [0.15, 0.2) is 12.2 Å². The molecular weight excluding hydrogens is 326 g/mol. The van der Waals surface area contributed by atoms with E-state index in [4.69, 9.17) is 0 Å². The first kappa shape index (κ1) is 15.7. The van der Waals surface area contributed by atoms with Crippen LogP contribution in [-0.4, -0.2) is 23.5 Å². The lowest BCUT2D eigenvalue weighted by Gasteiger charge is -2.57. The molecule has 0 aromatic heterocycles. The predicted octanol–water partition coefficient (Wildman–Crippen LogP) is 3.09. The number of carboxylic acids is 1. The van der Waals surface area contributed by atoms with Crippen molar-refractivity contribution < 1.29 is 14.7 Å². The summed E-state index contributed by atoms with van der Waals surface area (Å²) in [6.45, 7) is 0.785. The molecule has 6 saturated carbocycles. The molecule has 0 heterocycles. The Morgan fingerprint density at radius 1 is 0.885 bits per heavy atom. The van der Waals surface area contributed by atoms with Crippen LogP contribution in [0.2, 0.25) is 0 Å². The fourth-order valence-corrected chi connectivity index (χ4v) is 8.47. The molecule has 0 aliphatic heterocycles. The van der Waals surface area contributed by atoms with Gasteiger partial charge in [0.25, 0.3) is 0 Å². The van der Waals surface area contributed by atoms with Crippen molar-refractivity contribution in [1.29, 1.82) is 0 Å². The number of carbonyl (C=O) groups excluding carboxylic acids is 1. The van der Waals surface area contributed by atoms with E-state index >= 15 is 0 Å².